The highest BCUT2D eigenvalue weighted by Gasteiger charge is 2.47. The summed E-state index contributed by atoms with van der Waals surface area (Å²) in [6.45, 7) is 9.33. The van der Waals surface area contributed by atoms with E-state index in [0.29, 0.717) is 5.75 Å². The van der Waals surface area contributed by atoms with E-state index < -0.39 is 0 Å². The van der Waals surface area contributed by atoms with Crippen molar-refractivity contribution in [3.63, 3.8) is 0 Å². The molecule has 0 saturated carbocycles. The number of carbonyl (C=O) groups is 2. The summed E-state index contributed by atoms with van der Waals surface area (Å²) in [5, 5.41) is 0. The van der Waals surface area contributed by atoms with Crippen molar-refractivity contribution < 1.29 is 14.3 Å². The van der Waals surface area contributed by atoms with Gasteiger partial charge in [-0.05, 0) is 37.5 Å². The van der Waals surface area contributed by atoms with Gasteiger partial charge in [-0.3, -0.25) is 9.59 Å². The van der Waals surface area contributed by atoms with Gasteiger partial charge in [0.1, 0.15) is 5.75 Å². The van der Waals surface area contributed by atoms with Gasteiger partial charge >= 0.3 is 5.97 Å². The molecule has 0 saturated heterocycles. The number of ether oxygens (including phenoxy) is 1. The first kappa shape index (κ1) is 18.2. The fourth-order valence-electron chi connectivity index (χ4n) is 4.42. The predicted octanol–water partition coefficient (Wildman–Crippen LogP) is 4.45. The summed E-state index contributed by atoms with van der Waals surface area (Å²) in [7, 11) is 0. The van der Waals surface area contributed by atoms with Gasteiger partial charge in [0.25, 0.3) is 0 Å². The third-order valence-electron chi connectivity index (χ3n) is 5.18. The van der Waals surface area contributed by atoms with Gasteiger partial charge in [-0.25, -0.2) is 0 Å². The third-order valence-corrected chi connectivity index (χ3v) is 5.18. The lowest BCUT2D eigenvalue weighted by atomic mass is 9.65. The number of rotatable bonds is 2. The van der Waals surface area contributed by atoms with E-state index in [2.05, 4.69) is 32.9 Å². The molecular weight excluding hydrogens is 326 g/mol. The maximum atomic E-state index is 12.5. The Hall–Kier alpha value is -2.62. The van der Waals surface area contributed by atoms with Crippen molar-refractivity contribution in [3.05, 3.63) is 59.7 Å². The smallest absolute Gasteiger partial charge is 0.308 e. The summed E-state index contributed by atoms with van der Waals surface area (Å²) in [5.74, 6) is 0.0576. The first-order valence-corrected chi connectivity index (χ1v) is 8.84. The molecule has 1 aliphatic heterocycles. The molecule has 1 amide bonds. The van der Waals surface area contributed by atoms with Gasteiger partial charge < -0.3 is 9.64 Å². The number of hydrogen-bond acceptors (Lipinski definition) is 3. The number of fused-ring (bicyclic) bond motifs is 1. The molecule has 0 spiro atoms. The molecule has 0 N–H and O–H groups in total. The minimum absolute atomic E-state index is 0.0219. The third kappa shape index (κ3) is 3.00. The quantitative estimate of drug-likeness (QED) is 0.593. The molecule has 0 aromatic heterocycles. The number of carbonyl (C=O) groups excluding carboxylic acids is 2. The number of anilines is 1. The monoisotopic (exact) mass is 351 g/mol. The first-order chi connectivity index (χ1) is 12.1. The topological polar surface area (TPSA) is 46.6 Å². The second-order valence-corrected chi connectivity index (χ2v) is 7.81. The maximum Gasteiger partial charge on any atom is 0.308 e. The molecule has 0 fully saturated rings. The predicted molar refractivity (Wildman–Crippen MR) is 103 cm³/mol. The van der Waals surface area contributed by atoms with Crippen LogP contribution in [0.3, 0.4) is 0 Å². The molecule has 136 valence electrons. The maximum absolute atomic E-state index is 12.5. The Balaban J connectivity index is 2.25. The van der Waals surface area contributed by atoms with Crippen LogP contribution in [0.15, 0.2) is 48.5 Å². The molecule has 3 rings (SSSR count). The standard InChI is InChI=1S/C22H25NO3/c1-15(24)23-20-13-18(26-16(2)25)11-12-19(20)22(5,14-21(23,3)4)17-9-7-6-8-10-17/h6-13H,14H2,1-5H3. The largest absolute Gasteiger partial charge is 0.427 e. The molecule has 1 heterocycles. The van der Waals surface area contributed by atoms with Crippen molar-refractivity contribution in [1.82, 2.24) is 0 Å². The fraction of sp³-hybridized carbons (Fsp3) is 0.364. The summed E-state index contributed by atoms with van der Waals surface area (Å²) in [5.41, 5.74) is 2.45. The van der Waals surface area contributed by atoms with E-state index in [-0.39, 0.29) is 22.8 Å². The zero-order chi connectivity index (χ0) is 19.1. The van der Waals surface area contributed by atoms with Crippen LogP contribution in [0.2, 0.25) is 0 Å². The summed E-state index contributed by atoms with van der Waals surface area (Å²) in [6.07, 6.45) is 0.795. The summed E-state index contributed by atoms with van der Waals surface area (Å²) < 4.78 is 5.27. The highest BCUT2D eigenvalue weighted by Crippen LogP contribution is 2.51. The average molecular weight is 351 g/mol. The van der Waals surface area contributed by atoms with Gasteiger partial charge in [0.15, 0.2) is 0 Å². The average Bonchev–Trinajstić information content (AvgIpc) is 2.53. The number of benzene rings is 2. The van der Waals surface area contributed by atoms with E-state index in [4.69, 9.17) is 4.74 Å². The minimum atomic E-state index is -0.377. The SMILES string of the molecule is CC(=O)Oc1ccc2c(c1)N(C(C)=O)C(C)(C)CC2(C)c1ccccc1. The normalized spacial score (nSPS) is 21.0. The molecule has 2 aromatic rings. The van der Waals surface area contributed by atoms with E-state index in [1.54, 1.807) is 19.1 Å². The lowest BCUT2D eigenvalue weighted by Crippen LogP contribution is -2.55. The lowest BCUT2D eigenvalue weighted by Gasteiger charge is -2.51. The van der Waals surface area contributed by atoms with Crippen LogP contribution in [0, 0.1) is 0 Å². The zero-order valence-electron chi connectivity index (χ0n) is 16.0. The van der Waals surface area contributed by atoms with Gasteiger partial charge in [0.05, 0.1) is 5.69 Å². The molecule has 4 heteroatoms. The Morgan fingerprint density at radius 2 is 1.65 bits per heavy atom. The molecule has 1 aliphatic rings. The lowest BCUT2D eigenvalue weighted by molar-refractivity contribution is -0.131. The Morgan fingerprint density at radius 1 is 1.00 bits per heavy atom. The van der Waals surface area contributed by atoms with Crippen LogP contribution in [-0.2, 0) is 15.0 Å². The van der Waals surface area contributed by atoms with E-state index in [9.17, 15) is 9.59 Å². The van der Waals surface area contributed by atoms with Crippen molar-refractivity contribution in [1.29, 1.82) is 0 Å². The molecule has 26 heavy (non-hydrogen) atoms. The Morgan fingerprint density at radius 3 is 2.23 bits per heavy atom. The van der Waals surface area contributed by atoms with E-state index in [0.717, 1.165) is 17.7 Å². The van der Waals surface area contributed by atoms with Gasteiger partial charge in [0, 0.05) is 30.9 Å². The van der Waals surface area contributed by atoms with Crippen molar-refractivity contribution >= 4 is 17.6 Å². The molecule has 4 nitrogen and oxygen atoms in total. The highest BCUT2D eigenvalue weighted by atomic mass is 16.5. The molecule has 1 unspecified atom stereocenters. The fourth-order valence-corrected chi connectivity index (χ4v) is 4.42. The minimum Gasteiger partial charge on any atom is -0.427 e. The van der Waals surface area contributed by atoms with Crippen molar-refractivity contribution in [3.8, 4) is 5.75 Å². The Bertz CT molecular complexity index is 857. The van der Waals surface area contributed by atoms with Crippen LogP contribution in [-0.4, -0.2) is 17.4 Å². The number of amides is 1. The number of hydrogen-bond donors (Lipinski definition) is 0. The van der Waals surface area contributed by atoms with Gasteiger partial charge in [0.2, 0.25) is 5.91 Å². The Labute approximate surface area is 154 Å². The van der Waals surface area contributed by atoms with Gasteiger partial charge in [-0.1, -0.05) is 43.3 Å². The van der Waals surface area contributed by atoms with Gasteiger partial charge in [-0.15, -0.1) is 0 Å². The summed E-state index contributed by atoms with van der Waals surface area (Å²) in [4.78, 5) is 25.7. The van der Waals surface area contributed by atoms with E-state index >= 15 is 0 Å². The summed E-state index contributed by atoms with van der Waals surface area (Å²) >= 11 is 0. The summed E-state index contributed by atoms with van der Waals surface area (Å²) in [6, 6.07) is 15.9. The second-order valence-electron chi connectivity index (χ2n) is 7.81. The number of esters is 1. The van der Waals surface area contributed by atoms with Crippen LogP contribution < -0.4 is 9.64 Å². The molecular formula is C22H25NO3. The molecule has 0 bridgehead atoms. The van der Waals surface area contributed by atoms with Crippen molar-refractivity contribution in [2.24, 2.45) is 0 Å². The van der Waals surface area contributed by atoms with Crippen LogP contribution >= 0.6 is 0 Å². The van der Waals surface area contributed by atoms with E-state index in [1.165, 1.54) is 12.5 Å². The first-order valence-electron chi connectivity index (χ1n) is 8.84. The highest BCUT2D eigenvalue weighted by molar-refractivity contribution is 5.95. The Kier molecular flexibility index (Phi) is 4.39. The van der Waals surface area contributed by atoms with Crippen LogP contribution in [0.5, 0.6) is 5.75 Å². The van der Waals surface area contributed by atoms with Crippen LogP contribution in [0.1, 0.15) is 52.2 Å². The second kappa shape index (κ2) is 6.27. The van der Waals surface area contributed by atoms with Crippen molar-refractivity contribution in [2.75, 3.05) is 4.90 Å². The molecule has 0 aliphatic carbocycles. The van der Waals surface area contributed by atoms with E-state index in [1.807, 2.05) is 29.2 Å². The number of nitrogens with zero attached hydrogens (tertiary/aromatic N) is 1. The molecule has 1 atom stereocenters. The zero-order valence-corrected chi connectivity index (χ0v) is 16.0. The van der Waals surface area contributed by atoms with Crippen LogP contribution in [0.4, 0.5) is 5.69 Å². The van der Waals surface area contributed by atoms with Gasteiger partial charge in [-0.2, -0.15) is 0 Å². The van der Waals surface area contributed by atoms with Crippen LogP contribution in [0.25, 0.3) is 0 Å². The molecule has 2 aromatic carbocycles. The van der Waals surface area contributed by atoms with Crippen molar-refractivity contribution in [2.45, 2.75) is 52.0 Å². The molecule has 0 radical (unpaired) electrons.